The van der Waals surface area contributed by atoms with Gasteiger partial charge in [-0.2, -0.15) is 0 Å². The van der Waals surface area contributed by atoms with Crippen LogP contribution in [0.25, 0.3) is 0 Å². The Kier molecular flexibility index (Phi) is 5.38. The van der Waals surface area contributed by atoms with Crippen LogP contribution in [0.3, 0.4) is 0 Å². The number of ether oxygens (including phenoxy) is 1. The van der Waals surface area contributed by atoms with E-state index in [0.717, 1.165) is 31.8 Å². The van der Waals surface area contributed by atoms with Gasteiger partial charge in [0.25, 0.3) is 0 Å². The van der Waals surface area contributed by atoms with Gasteiger partial charge in [0.15, 0.2) is 0 Å². The third-order valence-corrected chi connectivity index (χ3v) is 6.56. The number of hydrogen-bond donors (Lipinski definition) is 1. The molecule has 4 rings (SSSR count). The van der Waals surface area contributed by atoms with Crippen LogP contribution in [0.2, 0.25) is 0 Å². The van der Waals surface area contributed by atoms with Crippen molar-refractivity contribution in [1.82, 2.24) is 4.90 Å². The molecule has 1 unspecified atom stereocenters. The van der Waals surface area contributed by atoms with Crippen molar-refractivity contribution >= 4 is 17.4 Å². The zero-order valence-corrected chi connectivity index (χ0v) is 16.1. The van der Waals surface area contributed by atoms with Crippen molar-refractivity contribution in [2.75, 3.05) is 31.6 Å². The highest BCUT2D eigenvalue weighted by atomic mass is 32.2. The van der Waals surface area contributed by atoms with Crippen LogP contribution in [-0.4, -0.2) is 43.2 Å². The number of likely N-dealkylation sites (tertiary alicyclic amines) is 1. The molecule has 0 aliphatic carbocycles. The van der Waals surface area contributed by atoms with E-state index < -0.39 is 0 Å². The van der Waals surface area contributed by atoms with Crippen molar-refractivity contribution in [3.8, 4) is 5.75 Å². The Labute approximate surface area is 160 Å². The van der Waals surface area contributed by atoms with Crippen LogP contribution < -0.4 is 15.4 Å². The molecule has 4 nitrogen and oxygen atoms in total. The van der Waals surface area contributed by atoms with Crippen LogP contribution in [0.15, 0.2) is 53.4 Å². The minimum absolute atomic E-state index is 0.0586. The molecule has 2 N–H and O–H groups in total. The summed E-state index contributed by atoms with van der Waals surface area (Å²) in [5, 5.41) is 0. The van der Waals surface area contributed by atoms with Gasteiger partial charge in [0.1, 0.15) is 11.2 Å². The standard InChI is InChI=1S/C21H27N3OS/c1-25-18-8-6-16(7-9-18)10-13-23-14-11-17(12-15-23)24-19-4-2-3-5-20(19)26-21(24)22/h2-9,17,21H,10-15,22H2,1H3. The molecule has 2 heterocycles. The molecule has 2 aromatic carbocycles. The van der Waals surface area contributed by atoms with Crippen LogP contribution in [0.5, 0.6) is 5.75 Å². The molecule has 0 amide bonds. The molecule has 1 saturated heterocycles. The second-order valence-electron chi connectivity index (χ2n) is 7.05. The van der Waals surface area contributed by atoms with Gasteiger partial charge in [-0.1, -0.05) is 36.0 Å². The number of nitrogens with two attached hydrogens (primary N) is 1. The van der Waals surface area contributed by atoms with Crippen LogP contribution in [0.4, 0.5) is 5.69 Å². The summed E-state index contributed by atoms with van der Waals surface area (Å²) in [5.74, 6) is 0.926. The Balaban J connectivity index is 1.30. The first kappa shape index (κ1) is 17.7. The summed E-state index contributed by atoms with van der Waals surface area (Å²) in [4.78, 5) is 6.35. The fourth-order valence-electron chi connectivity index (χ4n) is 4.00. The largest absolute Gasteiger partial charge is 0.497 e. The molecule has 0 saturated carbocycles. The van der Waals surface area contributed by atoms with E-state index in [-0.39, 0.29) is 5.50 Å². The zero-order chi connectivity index (χ0) is 17.9. The molecule has 0 radical (unpaired) electrons. The van der Waals surface area contributed by atoms with Gasteiger partial charge in [0, 0.05) is 30.6 Å². The first-order valence-electron chi connectivity index (χ1n) is 9.39. The molecule has 1 atom stereocenters. The molecule has 26 heavy (non-hydrogen) atoms. The van der Waals surface area contributed by atoms with Gasteiger partial charge < -0.3 is 20.3 Å². The molecule has 2 aromatic rings. The van der Waals surface area contributed by atoms with Gasteiger partial charge in [-0.25, -0.2) is 0 Å². The third kappa shape index (κ3) is 3.70. The summed E-state index contributed by atoms with van der Waals surface area (Å²) < 4.78 is 5.23. The molecule has 138 valence electrons. The maximum Gasteiger partial charge on any atom is 0.130 e. The normalized spacial score (nSPS) is 21.0. The Morgan fingerprint density at radius 1 is 1.08 bits per heavy atom. The summed E-state index contributed by atoms with van der Waals surface area (Å²) in [6.07, 6.45) is 3.47. The first-order valence-corrected chi connectivity index (χ1v) is 10.3. The second kappa shape index (κ2) is 7.91. The number of hydrogen-bond acceptors (Lipinski definition) is 5. The van der Waals surface area contributed by atoms with E-state index in [2.05, 4.69) is 46.2 Å². The molecule has 0 aromatic heterocycles. The third-order valence-electron chi connectivity index (χ3n) is 5.49. The Morgan fingerprint density at radius 3 is 2.54 bits per heavy atom. The summed E-state index contributed by atoms with van der Waals surface area (Å²) in [7, 11) is 1.71. The maximum absolute atomic E-state index is 6.42. The van der Waals surface area contributed by atoms with E-state index in [0.29, 0.717) is 6.04 Å². The number of fused-ring (bicyclic) bond motifs is 1. The van der Waals surface area contributed by atoms with Crippen molar-refractivity contribution < 1.29 is 4.74 Å². The van der Waals surface area contributed by atoms with E-state index in [1.807, 2.05) is 12.1 Å². The van der Waals surface area contributed by atoms with Gasteiger partial charge in [0.05, 0.1) is 12.8 Å². The number of thioether (sulfide) groups is 1. The van der Waals surface area contributed by atoms with Crippen LogP contribution in [0, 0.1) is 0 Å². The fraction of sp³-hybridized carbons (Fsp3) is 0.429. The lowest BCUT2D eigenvalue weighted by atomic mass is 10.0. The van der Waals surface area contributed by atoms with Gasteiger partial charge in [-0.05, 0) is 49.1 Å². The number of anilines is 1. The summed E-state index contributed by atoms with van der Waals surface area (Å²) in [6, 6.07) is 17.6. The first-order chi connectivity index (χ1) is 12.7. The van der Waals surface area contributed by atoms with Crippen molar-refractivity contribution in [2.45, 2.75) is 35.7 Å². The Hall–Kier alpha value is -1.69. The molecular weight excluding hydrogens is 342 g/mol. The van der Waals surface area contributed by atoms with E-state index in [9.17, 15) is 0 Å². The van der Waals surface area contributed by atoms with E-state index in [1.165, 1.54) is 29.0 Å². The summed E-state index contributed by atoms with van der Waals surface area (Å²) in [6.45, 7) is 3.42. The monoisotopic (exact) mass is 369 g/mol. The molecule has 0 spiro atoms. The summed E-state index contributed by atoms with van der Waals surface area (Å²) >= 11 is 1.78. The van der Waals surface area contributed by atoms with E-state index in [4.69, 9.17) is 10.5 Å². The van der Waals surface area contributed by atoms with Gasteiger partial charge in [-0.3, -0.25) is 0 Å². The maximum atomic E-state index is 6.42. The zero-order valence-electron chi connectivity index (χ0n) is 15.3. The minimum Gasteiger partial charge on any atom is -0.497 e. The van der Waals surface area contributed by atoms with Crippen molar-refractivity contribution in [3.05, 3.63) is 54.1 Å². The average Bonchev–Trinajstić information content (AvgIpc) is 3.03. The highest BCUT2D eigenvalue weighted by molar-refractivity contribution is 8.00. The number of rotatable bonds is 5. The summed E-state index contributed by atoms with van der Waals surface area (Å²) in [5.41, 5.74) is 9.17. The molecule has 2 aliphatic rings. The topological polar surface area (TPSA) is 41.7 Å². The average molecular weight is 370 g/mol. The lowest BCUT2D eigenvalue weighted by Gasteiger charge is -2.39. The quantitative estimate of drug-likeness (QED) is 0.873. The molecular formula is C21H27N3OS. The lowest BCUT2D eigenvalue weighted by Crippen LogP contribution is -2.49. The Bertz CT molecular complexity index is 728. The number of nitrogens with zero attached hydrogens (tertiary/aromatic N) is 2. The van der Waals surface area contributed by atoms with Crippen molar-refractivity contribution in [1.29, 1.82) is 0 Å². The number of para-hydroxylation sites is 1. The van der Waals surface area contributed by atoms with Crippen molar-refractivity contribution in [3.63, 3.8) is 0 Å². The van der Waals surface area contributed by atoms with E-state index in [1.54, 1.807) is 18.9 Å². The molecule has 2 aliphatic heterocycles. The number of piperidine rings is 1. The molecule has 1 fully saturated rings. The number of methoxy groups -OCH3 is 1. The lowest BCUT2D eigenvalue weighted by molar-refractivity contribution is 0.210. The van der Waals surface area contributed by atoms with Crippen LogP contribution in [-0.2, 0) is 6.42 Å². The Morgan fingerprint density at radius 2 is 1.81 bits per heavy atom. The van der Waals surface area contributed by atoms with E-state index >= 15 is 0 Å². The minimum atomic E-state index is 0.0586. The van der Waals surface area contributed by atoms with Crippen LogP contribution in [0.1, 0.15) is 18.4 Å². The molecule has 0 bridgehead atoms. The highest BCUT2D eigenvalue weighted by Crippen LogP contribution is 2.43. The smallest absolute Gasteiger partial charge is 0.130 e. The highest BCUT2D eigenvalue weighted by Gasteiger charge is 2.34. The predicted octanol–water partition coefficient (Wildman–Crippen LogP) is 3.56. The number of benzene rings is 2. The van der Waals surface area contributed by atoms with Gasteiger partial charge in [-0.15, -0.1) is 0 Å². The van der Waals surface area contributed by atoms with Crippen LogP contribution >= 0.6 is 11.8 Å². The van der Waals surface area contributed by atoms with Crippen molar-refractivity contribution in [2.24, 2.45) is 5.73 Å². The predicted molar refractivity (Wildman–Crippen MR) is 109 cm³/mol. The SMILES string of the molecule is COc1ccc(CCN2CCC(N3c4ccccc4SC3N)CC2)cc1. The fourth-order valence-corrected chi connectivity index (χ4v) is 5.11. The van der Waals surface area contributed by atoms with Gasteiger partial charge >= 0.3 is 0 Å². The van der Waals surface area contributed by atoms with Gasteiger partial charge in [0.2, 0.25) is 0 Å². The molecule has 5 heteroatoms. The second-order valence-corrected chi connectivity index (χ2v) is 8.21.